The molecule has 1 fully saturated rings. The number of benzene rings is 1. The molecule has 0 bridgehead atoms. The summed E-state index contributed by atoms with van der Waals surface area (Å²) in [5.41, 5.74) is 3.02. The van der Waals surface area contributed by atoms with Crippen molar-refractivity contribution in [3.63, 3.8) is 0 Å². The molecule has 158 valence electrons. The van der Waals surface area contributed by atoms with Gasteiger partial charge in [0.15, 0.2) is 5.65 Å². The summed E-state index contributed by atoms with van der Waals surface area (Å²) in [5.74, 6) is 0.562. The van der Waals surface area contributed by atoms with Gasteiger partial charge in [0.1, 0.15) is 5.78 Å². The van der Waals surface area contributed by atoms with Crippen molar-refractivity contribution in [1.82, 2.24) is 18.7 Å². The summed E-state index contributed by atoms with van der Waals surface area (Å²) in [7, 11) is -1.98. The molecule has 0 N–H and O–H groups in total. The van der Waals surface area contributed by atoms with E-state index < -0.39 is 10.0 Å². The molecule has 1 aliphatic carbocycles. The molecule has 0 saturated heterocycles. The number of ketones is 1. The van der Waals surface area contributed by atoms with Crippen LogP contribution in [0.2, 0.25) is 0 Å². The molecule has 3 aromatic heterocycles. The monoisotopic (exact) mass is 434 g/mol. The van der Waals surface area contributed by atoms with Crippen LogP contribution in [0.5, 0.6) is 0 Å². The molecule has 31 heavy (non-hydrogen) atoms. The smallest absolute Gasteiger partial charge is 0.269 e. The quantitative estimate of drug-likeness (QED) is 0.486. The first kappa shape index (κ1) is 19.7. The van der Waals surface area contributed by atoms with Crippen LogP contribution < -0.4 is 0 Å². The molecule has 0 radical (unpaired) electrons. The summed E-state index contributed by atoms with van der Waals surface area (Å²) in [6.45, 7) is 0. The van der Waals surface area contributed by atoms with E-state index in [0.717, 1.165) is 34.9 Å². The Kier molecular flexibility index (Phi) is 4.74. The van der Waals surface area contributed by atoms with Crippen LogP contribution in [0.25, 0.3) is 22.2 Å². The number of fused-ring (bicyclic) bond motifs is 1. The Hall–Kier alpha value is -3.26. The van der Waals surface area contributed by atoms with Gasteiger partial charge in [-0.2, -0.15) is 5.10 Å². The highest BCUT2D eigenvalue weighted by Crippen LogP contribution is 2.36. The molecule has 1 saturated carbocycles. The molecular weight excluding hydrogens is 412 g/mol. The minimum absolute atomic E-state index is 0.210. The molecule has 8 heteroatoms. The Morgan fingerprint density at radius 3 is 2.45 bits per heavy atom. The lowest BCUT2D eigenvalue weighted by Crippen LogP contribution is -2.13. The average Bonchev–Trinajstić information content (AvgIpc) is 3.38. The Morgan fingerprint density at radius 1 is 1.03 bits per heavy atom. The zero-order valence-corrected chi connectivity index (χ0v) is 17.9. The molecule has 0 unspecified atom stereocenters. The third-order valence-corrected chi connectivity index (χ3v) is 7.63. The number of carbonyl (C=O) groups is 1. The van der Waals surface area contributed by atoms with E-state index in [4.69, 9.17) is 0 Å². The maximum atomic E-state index is 13.4. The van der Waals surface area contributed by atoms with Gasteiger partial charge in [-0.15, -0.1) is 0 Å². The highest BCUT2D eigenvalue weighted by atomic mass is 32.2. The number of pyridine rings is 1. The third-order valence-electron chi connectivity index (χ3n) is 5.96. The van der Waals surface area contributed by atoms with Crippen LogP contribution in [0.15, 0.2) is 66.1 Å². The van der Waals surface area contributed by atoms with E-state index in [1.54, 1.807) is 53.6 Å². The van der Waals surface area contributed by atoms with Crippen molar-refractivity contribution >= 4 is 26.8 Å². The predicted molar refractivity (Wildman–Crippen MR) is 117 cm³/mol. The lowest BCUT2D eigenvalue weighted by atomic mass is 9.84. The van der Waals surface area contributed by atoms with Crippen molar-refractivity contribution in [1.29, 1.82) is 0 Å². The minimum atomic E-state index is -3.81. The van der Waals surface area contributed by atoms with Crippen LogP contribution in [0.4, 0.5) is 0 Å². The normalized spacial score (nSPS) is 15.6. The third kappa shape index (κ3) is 3.46. The summed E-state index contributed by atoms with van der Waals surface area (Å²) < 4.78 is 29.7. The average molecular weight is 435 g/mol. The number of Topliss-reactive ketones (excluding diaryl/α,β-unsaturated/α-hetero) is 1. The lowest BCUT2D eigenvalue weighted by Gasteiger charge is -2.21. The topological polar surface area (TPSA) is 86.9 Å². The fourth-order valence-electron chi connectivity index (χ4n) is 4.27. The van der Waals surface area contributed by atoms with Crippen molar-refractivity contribution in [2.45, 2.75) is 36.5 Å². The van der Waals surface area contributed by atoms with Crippen LogP contribution in [0, 0.1) is 0 Å². The minimum Gasteiger partial charge on any atom is -0.300 e. The van der Waals surface area contributed by atoms with Gasteiger partial charge in [-0.1, -0.05) is 18.2 Å². The van der Waals surface area contributed by atoms with Crippen LogP contribution in [-0.2, 0) is 21.9 Å². The van der Waals surface area contributed by atoms with Gasteiger partial charge in [0.05, 0.1) is 11.1 Å². The standard InChI is InChI=1S/C23H22N4O3S/c1-26-14-18(13-25-26)22-15-27(31(29,30)20-5-3-2-4-6-20)23-21(22)11-17(12-24-23)16-7-9-19(28)10-8-16/h2-6,11-16H,7-10H2,1H3. The summed E-state index contributed by atoms with van der Waals surface area (Å²) in [6.07, 6.45) is 9.75. The zero-order valence-electron chi connectivity index (χ0n) is 17.1. The van der Waals surface area contributed by atoms with E-state index in [0.29, 0.717) is 24.3 Å². The largest absolute Gasteiger partial charge is 0.300 e. The van der Waals surface area contributed by atoms with Crippen LogP contribution >= 0.6 is 0 Å². The van der Waals surface area contributed by atoms with E-state index in [2.05, 4.69) is 10.1 Å². The number of nitrogens with zero attached hydrogens (tertiary/aromatic N) is 4. The summed E-state index contributed by atoms with van der Waals surface area (Å²) in [4.78, 5) is 16.4. The number of rotatable bonds is 4. The predicted octanol–water partition coefficient (Wildman–Crippen LogP) is 3.90. The maximum absolute atomic E-state index is 13.4. The first-order chi connectivity index (χ1) is 14.9. The van der Waals surface area contributed by atoms with Gasteiger partial charge in [-0.25, -0.2) is 17.4 Å². The number of aromatic nitrogens is 4. The van der Waals surface area contributed by atoms with Crippen molar-refractivity contribution in [3.8, 4) is 11.1 Å². The Bertz CT molecular complexity index is 1380. The number of aryl methyl sites for hydroxylation is 1. The van der Waals surface area contributed by atoms with Gasteiger partial charge >= 0.3 is 0 Å². The van der Waals surface area contributed by atoms with Gasteiger partial charge in [0.25, 0.3) is 10.0 Å². The molecule has 1 aromatic carbocycles. The second kappa shape index (κ2) is 7.46. The van der Waals surface area contributed by atoms with Crippen LogP contribution in [-0.4, -0.2) is 32.9 Å². The van der Waals surface area contributed by atoms with Crippen molar-refractivity contribution in [3.05, 3.63) is 66.7 Å². The maximum Gasteiger partial charge on any atom is 0.269 e. The van der Waals surface area contributed by atoms with Gasteiger partial charge < -0.3 is 0 Å². The molecule has 1 aliphatic rings. The molecule has 7 nitrogen and oxygen atoms in total. The molecule has 0 aliphatic heterocycles. The van der Waals surface area contributed by atoms with Gasteiger partial charge in [-0.3, -0.25) is 9.48 Å². The molecule has 0 amide bonds. The van der Waals surface area contributed by atoms with Crippen molar-refractivity contribution < 1.29 is 13.2 Å². The number of carbonyl (C=O) groups excluding carboxylic acids is 1. The zero-order chi connectivity index (χ0) is 21.6. The highest BCUT2D eigenvalue weighted by Gasteiger charge is 2.25. The van der Waals surface area contributed by atoms with Crippen molar-refractivity contribution in [2.24, 2.45) is 7.05 Å². The fraction of sp³-hybridized carbons (Fsp3) is 0.261. The van der Waals surface area contributed by atoms with Crippen LogP contribution in [0.1, 0.15) is 37.2 Å². The van der Waals surface area contributed by atoms with Crippen LogP contribution in [0.3, 0.4) is 0 Å². The molecule has 5 rings (SSSR count). The van der Waals surface area contributed by atoms with Gasteiger partial charge in [0, 0.05) is 55.0 Å². The van der Waals surface area contributed by atoms with E-state index in [-0.39, 0.29) is 10.8 Å². The second-order valence-electron chi connectivity index (χ2n) is 8.01. The molecule has 0 atom stereocenters. The number of hydrogen-bond acceptors (Lipinski definition) is 5. The SMILES string of the molecule is Cn1cc(-c2cn(S(=O)(=O)c3ccccc3)c3ncc(C4CCC(=O)CC4)cc23)cn1. The Labute approximate surface area is 180 Å². The molecular formula is C23H22N4O3S. The molecule has 0 spiro atoms. The second-order valence-corrected chi connectivity index (χ2v) is 9.83. The fourth-order valence-corrected chi connectivity index (χ4v) is 5.62. The Balaban J connectivity index is 1.70. The summed E-state index contributed by atoms with van der Waals surface area (Å²) in [6, 6.07) is 10.4. The van der Waals surface area contributed by atoms with E-state index >= 15 is 0 Å². The van der Waals surface area contributed by atoms with E-state index in [9.17, 15) is 13.2 Å². The van der Waals surface area contributed by atoms with Crippen molar-refractivity contribution in [2.75, 3.05) is 0 Å². The number of hydrogen-bond donors (Lipinski definition) is 0. The van der Waals surface area contributed by atoms with E-state index in [1.807, 2.05) is 19.3 Å². The van der Waals surface area contributed by atoms with Gasteiger partial charge in [-0.05, 0) is 42.5 Å². The lowest BCUT2D eigenvalue weighted by molar-refractivity contribution is -0.120. The summed E-state index contributed by atoms with van der Waals surface area (Å²) >= 11 is 0. The van der Waals surface area contributed by atoms with Gasteiger partial charge in [0.2, 0.25) is 0 Å². The first-order valence-electron chi connectivity index (χ1n) is 10.3. The highest BCUT2D eigenvalue weighted by molar-refractivity contribution is 7.90. The molecule has 4 aromatic rings. The summed E-state index contributed by atoms with van der Waals surface area (Å²) in [5, 5.41) is 5.02. The Morgan fingerprint density at radius 2 is 1.77 bits per heavy atom. The first-order valence-corrected chi connectivity index (χ1v) is 11.7. The molecule has 3 heterocycles. The van der Waals surface area contributed by atoms with E-state index in [1.165, 1.54) is 3.97 Å².